The maximum Gasteiger partial charge on any atom is 0.266 e. The van der Waals surface area contributed by atoms with Crippen LogP contribution >= 0.6 is 0 Å². The molecule has 2 aromatic carbocycles. The Morgan fingerprint density at radius 1 is 0.909 bits per heavy atom. The molecule has 3 heterocycles. The first-order valence-electron chi connectivity index (χ1n) is 10.9. The van der Waals surface area contributed by atoms with Gasteiger partial charge in [-0.3, -0.25) is 0 Å². The van der Waals surface area contributed by atoms with Crippen molar-refractivity contribution in [3.8, 4) is 23.5 Å². The van der Waals surface area contributed by atoms with Crippen LogP contribution in [0, 0.1) is 18.3 Å². The maximum absolute atomic E-state index is 9.61. The molecule has 0 bridgehead atoms. The van der Waals surface area contributed by atoms with E-state index in [-0.39, 0.29) is 5.69 Å². The summed E-state index contributed by atoms with van der Waals surface area (Å²) in [4.78, 5) is 8.77. The summed E-state index contributed by atoms with van der Waals surface area (Å²) in [6.07, 6.45) is 0. The van der Waals surface area contributed by atoms with Crippen LogP contribution in [-0.2, 0) is 6.61 Å². The zero-order chi connectivity index (χ0) is 22.6. The number of nitrogens with zero attached hydrogens (tertiary/aromatic N) is 4. The number of nitriles is 1. The Balaban J connectivity index is 1.26. The molecule has 33 heavy (non-hydrogen) atoms. The van der Waals surface area contributed by atoms with E-state index in [1.54, 1.807) is 6.07 Å². The van der Waals surface area contributed by atoms with Crippen LogP contribution in [0.2, 0.25) is 0 Å². The highest BCUT2D eigenvalue weighted by Crippen LogP contribution is 2.30. The average Bonchev–Trinajstić information content (AvgIpc) is 3.51. The second kappa shape index (κ2) is 9.13. The van der Waals surface area contributed by atoms with Gasteiger partial charge in [-0.15, -0.1) is 0 Å². The normalized spacial score (nSPS) is 13.7. The third-order valence-electron chi connectivity index (χ3n) is 5.68. The molecular formula is C26H24N4O3. The number of aromatic nitrogens is 1. The Hall–Kier alpha value is -4.18. The quantitative estimate of drug-likeness (QED) is 0.416. The SMILES string of the molecule is Cc1ccc(OCc2ccc(-c3nc(C#N)c(N4CCN(c5ccccc5)CC4)o3)o2)cc1. The van der Waals surface area contributed by atoms with E-state index in [2.05, 4.69) is 33.0 Å². The molecule has 7 heteroatoms. The highest BCUT2D eigenvalue weighted by Gasteiger charge is 2.25. The molecule has 0 unspecified atom stereocenters. The summed E-state index contributed by atoms with van der Waals surface area (Å²) in [6.45, 7) is 5.49. The van der Waals surface area contributed by atoms with Crippen molar-refractivity contribution >= 4 is 11.6 Å². The number of anilines is 2. The molecule has 0 aliphatic carbocycles. The van der Waals surface area contributed by atoms with Gasteiger partial charge in [0.15, 0.2) is 5.76 Å². The monoisotopic (exact) mass is 440 g/mol. The maximum atomic E-state index is 9.61. The van der Waals surface area contributed by atoms with Crippen molar-refractivity contribution in [1.82, 2.24) is 4.98 Å². The first kappa shape index (κ1) is 20.7. The van der Waals surface area contributed by atoms with Crippen molar-refractivity contribution in [3.05, 3.63) is 83.7 Å². The van der Waals surface area contributed by atoms with E-state index in [4.69, 9.17) is 13.6 Å². The van der Waals surface area contributed by atoms with Gasteiger partial charge in [0.05, 0.1) is 0 Å². The molecule has 5 rings (SSSR count). The summed E-state index contributed by atoms with van der Waals surface area (Å²) in [5.74, 6) is 2.70. The van der Waals surface area contributed by atoms with E-state index in [0.717, 1.165) is 31.9 Å². The van der Waals surface area contributed by atoms with Crippen molar-refractivity contribution in [2.24, 2.45) is 0 Å². The topological polar surface area (TPSA) is 78.7 Å². The van der Waals surface area contributed by atoms with Crippen molar-refractivity contribution in [1.29, 1.82) is 5.26 Å². The van der Waals surface area contributed by atoms with Crippen molar-refractivity contribution in [3.63, 3.8) is 0 Å². The summed E-state index contributed by atoms with van der Waals surface area (Å²) in [7, 11) is 0. The Labute approximate surface area is 192 Å². The molecule has 7 nitrogen and oxygen atoms in total. The van der Waals surface area contributed by atoms with Gasteiger partial charge in [-0.25, -0.2) is 0 Å². The number of furan rings is 1. The molecule has 0 atom stereocenters. The lowest BCUT2D eigenvalue weighted by atomic mass is 10.2. The number of hydrogen-bond donors (Lipinski definition) is 0. The Bertz CT molecular complexity index is 1250. The van der Waals surface area contributed by atoms with E-state index in [9.17, 15) is 5.26 Å². The minimum absolute atomic E-state index is 0.270. The third kappa shape index (κ3) is 4.55. The van der Waals surface area contributed by atoms with Crippen LogP contribution in [0.15, 0.2) is 75.6 Å². The highest BCUT2D eigenvalue weighted by molar-refractivity contribution is 5.57. The van der Waals surface area contributed by atoms with Gasteiger partial charge in [-0.05, 0) is 43.3 Å². The Kier molecular flexibility index (Phi) is 5.73. The summed E-state index contributed by atoms with van der Waals surface area (Å²) < 4.78 is 17.7. The molecule has 166 valence electrons. The van der Waals surface area contributed by atoms with Crippen LogP contribution in [-0.4, -0.2) is 31.2 Å². The molecule has 1 fully saturated rings. The zero-order valence-electron chi connectivity index (χ0n) is 18.4. The zero-order valence-corrected chi connectivity index (χ0v) is 18.4. The predicted molar refractivity (Wildman–Crippen MR) is 125 cm³/mol. The van der Waals surface area contributed by atoms with Crippen LogP contribution in [0.25, 0.3) is 11.7 Å². The standard InChI is InChI=1S/C26H24N4O3/c1-19-7-9-21(10-8-19)31-18-22-11-12-24(32-22)25-28-23(17-27)26(33-25)30-15-13-29(14-16-30)20-5-3-2-4-6-20/h2-12H,13-16,18H2,1H3. The molecule has 1 aliphatic rings. The number of para-hydroxylation sites is 1. The number of piperazine rings is 1. The minimum Gasteiger partial charge on any atom is -0.486 e. The fourth-order valence-corrected chi connectivity index (χ4v) is 3.87. The van der Waals surface area contributed by atoms with Gasteiger partial charge in [-0.2, -0.15) is 10.2 Å². The Morgan fingerprint density at radius 3 is 2.36 bits per heavy atom. The fraction of sp³-hybridized carbons (Fsp3) is 0.231. The van der Waals surface area contributed by atoms with Gasteiger partial charge in [0.25, 0.3) is 5.89 Å². The van der Waals surface area contributed by atoms with Gasteiger partial charge in [0, 0.05) is 31.9 Å². The summed E-state index contributed by atoms with van der Waals surface area (Å²) >= 11 is 0. The van der Waals surface area contributed by atoms with Crippen molar-refractivity contribution < 1.29 is 13.6 Å². The van der Waals surface area contributed by atoms with Crippen molar-refractivity contribution in [2.45, 2.75) is 13.5 Å². The number of rotatable bonds is 6. The Morgan fingerprint density at radius 2 is 1.64 bits per heavy atom. The average molecular weight is 441 g/mol. The van der Waals surface area contributed by atoms with Gasteiger partial charge >= 0.3 is 0 Å². The number of hydrogen-bond acceptors (Lipinski definition) is 7. The third-order valence-corrected chi connectivity index (χ3v) is 5.68. The van der Waals surface area contributed by atoms with Gasteiger partial charge < -0.3 is 23.4 Å². The van der Waals surface area contributed by atoms with Gasteiger partial charge in [0.1, 0.15) is 24.2 Å². The van der Waals surface area contributed by atoms with E-state index >= 15 is 0 Å². The van der Waals surface area contributed by atoms with Crippen LogP contribution in [0.1, 0.15) is 17.0 Å². The van der Waals surface area contributed by atoms with E-state index in [1.807, 2.05) is 55.5 Å². The minimum atomic E-state index is 0.270. The molecule has 4 aromatic rings. The lowest BCUT2D eigenvalue weighted by Crippen LogP contribution is -2.46. The van der Waals surface area contributed by atoms with Crippen LogP contribution in [0.4, 0.5) is 11.6 Å². The predicted octanol–water partition coefficient (Wildman–Crippen LogP) is 5.02. The molecule has 1 saturated heterocycles. The lowest BCUT2D eigenvalue weighted by molar-refractivity contribution is 0.271. The number of ether oxygens (including phenoxy) is 1. The summed E-state index contributed by atoms with van der Waals surface area (Å²) in [6, 6.07) is 24.0. The second-order valence-corrected chi connectivity index (χ2v) is 7.96. The largest absolute Gasteiger partial charge is 0.486 e. The molecule has 0 amide bonds. The molecule has 0 radical (unpaired) electrons. The van der Waals surface area contributed by atoms with Crippen LogP contribution in [0.3, 0.4) is 0 Å². The summed E-state index contributed by atoms with van der Waals surface area (Å²) in [5.41, 5.74) is 2.65. The van der Waals surface area contributed by atoms with E-state index in [1.165, 1.54) is 11.3 Å². The molecule has 2 aromatic heterocycles. The number of benzene rings is 2. The highest BCUT2D eigenvalue weighted by atomic mass is 16.5. The first-order valence-corrected chi connectivity index (χ1v) is 10.9. The van der Waals surface area contributed by atoms with Gasteiger partial charge in [0.2, 0.25) is 11.6 Å². The van der Waals surface area contributed by atoms with E-state index in [0.29, 0.717) is 29.9 Å². The molecular weight excluding hydrogens is 416 g/mol. The first-order chi connectivity index (χ1) is 16.2. The van der Waals surface area contributed by atoms with Crippen molar-refractivity contribution in [2.75, 3.05) is 36.0 Å². The van der Waals surface area contributed by atoms with Crippen LogP contribution in [0.5, 0.6) is 5.75 Å². The van der Waals surface area contributed by atoms with Gasteiger partial charge in [-0.1, -0.05) is 35.9 Å². The molecule has 0 N–H and O–H groups in total. The molecule has 0 saturated carbocycles. The molecule has 0 spiro atoms. The smallest absolute Gasteiger partial charge is 0.266 e. The fourth-order valence-electron chi connectivity index (χ4n) is 3.87. The second-order valence-electron chi connectivity index (χ2n) is 7.96. The number of oxazole rings is 1. The van der Waals surface area contributed by atoms with Crippen LogP contribution < -0.4 is 14.5 Å². The summed E-state index contributed by atoms with van der Waals surface area (Å²) in [5, 5.41) is 9.61. The van der Waals surface area contributed by atoms with E-state index < -0.39 is 0 Å². The lowest BCUT2D eigenvalue weighted by Gasteiger charge is -2.35. The molecule has 1 aliphatic heterocycles. The number of aryl methyl sites for hydroxylation is 1.